The number of fused-ring (bicyclic) bond motifs is 1. The minimum absolute atomic E-state index is 0.180. The molecule has 8 heteroatoms. The molecule has 0 unspecified atom stereocenters. The second kappa shape index (κ2) is 6.52. The van der Waals surface area contributed by atoms with Crippen molar-refractivity contribution in [1.29, 1.82) is 0 Å². The number of thiophene rings is 1. The van der Waals surface area contributed by atoms with Gasteiger partial charge in [-0.3, -0.25) is 10.1 Å². The van der Waals surface area contributed by atoms with Crippen molar-refractivity contribution < 1.29 is 23.5 Å². The molecule has 1 heterocycles. The lowest BCUT2D eigenvalue weighted by molar-refractivity contribution is -0.127. The fourth-order valence-corrected chi connectivity index (χ4v) is 2.63. The summed E-state index contributed by atoms with van der Waals surface area (Å²) in [5.41, 5.74) is 0. The summed E-state index contributed by atoms with van der Waals surface area (Å²) in [6.07, 6.45) is -1.15. The number of hydrogen-bond donors (Lipinski definition) is 2. The predicted octanol–water partition coefficient (Wildman–Crippen LogP) is 2.04. The van der Waals surface area contributed by atoms with Crippen LogP contribution in [-0.2, 0) is 9.53 Å². The third kappa shape index (κ3) is 3.40. The standard InChI is InChI=1S/C14H13FN2O4S/c1-7(12(18)17-14(20)16-2)21-13(19)11-6-8-9(15)4-3-5-10(8)22-11/h3-7H,1-2H3,(H2,16,17,18,20)/t7-/m1/s1. The summed E-state index contributed by atoms with van der Waals surface area (Å²) in [5, 5.41) is 4.53. The number of carbonyl (C=O) groups is 3. The molecule has 2 aromatic rings. The first-order valence-corrected chi connectivity index (χ1v) is 7.15. The Bertz CT molecular complexity index is 744. The molecule has 0 spiro atoms. The van der Waals surface area contributed by atoms with Gasteiger partial charge in [-0.1, -0.05) is 6.07 Å². The van der Waals surface area contributed by atoms with Crippen LogP contribution in [0.15, 0.2) is 24.3 Å². The number of esters is 1. The van der Waals surface area contributed by atoms with Crippen LogP contribution in [0.3, 0.4) is 0 Å². The zero-order chi connectivity index (χ0) is 16.3. The number of imide groups is 1. The van der Waals surface area contributed by atoms with Crippen LogP contribution in [0.25, 0.3) is 10.1 Å². The molecule has 0 fully saturated rings. The van der Waals surface area contributed by atoms with Gasteiger partial charge in [-0.25, -0.2) is 14.0 Å². The number of benzene rings is 1. The Kier molecular flexibility index (Phi) is 4.71. The van der Waals surface area contributed by atoms with Crippen LogP contribution in [0.5, 0.6) is 0 Å². The minimum atomic E-state index is -1.15. The average Bonchev–Trinajstić information content (AvgIpc) is 2.92. The Morgan fingerprint density at radius 2 is 2.05 bits per heavy atom. The lowest BCUT2D eigenvalue weighted by Crippen LogP contribution is -2.43. The lowest BCUT2D eigenvalue weighted by Gasteiger charge is -2.11. The van der Waals surface area contributed by atoms with Crippen molar-refractivity contribution in [2.24, 2.45) is 0 Å². The highest BCUT2D eigenvalue weighted by atomic mass is 32.1. The molecule has 0 aliphatic rings. The minimum Gasteiger partial charge on any atom is -0.448 e. The van der Waals surface area contributed by atoms with Crippen LogP contribution in [0, 0.1) is 5.82 Å². The highest BCUT2D eigenvalue weighted by molar-refractivity contribution is 7.20. The monoisotopic (exact) mass is 324 g/mol. The average molecular weight is 324 g/mol. The van der Waals surface area contributed by atoms with Crippen molar-refractivity contribution in [3.8, 4) is 0 Å². The Morgan fingerprint density at radius 3 is 2.68 bits per heavy atom. The predicted molar refractivity (Wildman–Crippen MR) is 79.3 cm³/mol. The molecule has 6 nitrogen and oxygen atoms in total. The zero-order valence-electron chi connectivity index (χ0n) is 11.8. The summed E-state index contributed by atoms with van der Waals surface area (Å²) in [4.78, 5) is 34.8. The first kappa shape index (κ1) is 15.9. The molecular weight excluding hydrogens is 311 g/mol. The van der Waals surface area contributed by atoms with Gasteiger partial charge in [-0.05, 0) is 25.1 Å². The molecule has 0 saturated heterocycles. The van der Waals surface area contributed by atoms with Crippen LogP contribution in [0.4, 0.5) is 9.18 Å². The molecule has 0 saturated carbocycles. The Balaban J connectivity index is 2.09. The maximum Gasteiger partial charge on any atom is 0.349 e. The molecule has 0 aliphatic carbocycles. The molecule has 1 aromatic carbocycles. The number of nitrogens with one attached hydrogen (secondary N) is 2. The number of amides is 3. The lowest BCUT2D eigenvalue weighted by atomic mass is 10.2. The van der Waals surface area contributed by atoms with Gasteiger partial charge in [0, 0.05) is 17.1 Å². The quantitative estimate of drug-likeness (QED) is 0.846. The first-order valence-electron chi connectivity index (χ1n) is 6.34. The Hall–Kier alpha value is -2.48. The van der Waals surface area contributed by atoms with Gasteiger partial charge in [-0.15, -0.1) is 11.3 Å². The van der Waals surface area contributed by atoms with Crippen LogP contribution in [0.1, 0.15) is 16.6 Å². The fraction of sp³-hybridized carbons (Fsp3) is 0.214. The van der Waals surface area contributed by atoms with Gasteiger partial charge in [0.25, 0.3) is 5.91 Å². The maximum absolute atomic E-state index is 13.6. The van der Waals surface area contributed by atoms with Gasteiger partial charge >= 0.3 is 12.0 Å². The third-order valence-electron chi connectivity index (χ3n) is 2.83. The Morgan fingerprint density at radius 1 is 1.32 bits per heavy atom. The van der Waals surface area contributed by atoms with E-state index in [4.69, 9.17) is 4.74 Å². The van der Waals surface area contributed by atoms with Gasteiger partial charge in [0.1, 0.15) is 10.7 Å². The molecule has 3 amide bonds. The van der Waals surface area contributed by atoms with E-state index in [1.165, 1.54) is 26.1 Å². The van der Waals surface area contributed by atoms with E-state index in [-0.39, 0.29) is 4.88 Å². The number of halogens is 1. The van der Waals surface area contributed by atoms with Crippen molar-refractivity contribution in [2.75, 3.05) is 7.05 Å². The van der Waals surface area contributed by atoms with Crippen molar-refractivity contribution in [3.63, 3.8) is 0 Å². The number of hydrogen-bond acceptors (Lipinski definition) is 5. The van der Waals surface area contributed by atoms with Crippen molar-refractivity contribution >= 4 is 39.3 Å². The van der Waals surface area contributed by atoms with Gasteiger partial charge in [0.2, 0.25) is 0 Å². The molecule has 2 N–H and O–H groups in total. The molecule has 0 bridgehead atoms. The van der Waals surface area contributed by atoms with Crippen molar-refractivity contribution in [2.45, 2.75) is 13.0 Å². The van der Waals surface area contributed by atoms with Crippen LogP contribution in [0.2, 0.25) is 0 Å². The number of carbonyl (C=O) groups excluding carboxylic acids is 3. The maximum atomic E-state index is 13.6. The van der Waals surface area contributed by atoms with Crippen molar-refractivity contribution in [1.82, 2.24) is 10.6 Å². The van der Waals surface area contributed by atoms with Gasteiger partial charge < -0.3 is 10.1 Å². The highest BCUT2D eigenvalue weighted by Crippen LogP contribution is 2.28. The SMILES string of the molecule is CNC(=O)NC(=O)[C@@H](C)OC(=O)c1cc2c(F)cccc2s1. The van der Waals surface area contributed by atoms with Crippen LogP contribution >= 0.6 is 11.3 Å². The summed E-state index contributed by atoms with van der Waals surface area (Å²) >= 11 is 1.07. The second-order valence-electron chi connectivity index (χ2n) is 4.38. The van der Waals surface area contributed by atoms with Gasteiger partial charge in [0.05, 0.1) is 0 Å². The van der Waals surface area contributed by atoms with Crippen LogP contribution < -0.4 is 10.6 Å². The summed E-state index contributed by atoms with van der Waals surface area (Å²) in [6.45, 7) is 1.34. The summed E-state index contributed by atoms with van der Waals surface area (Å²) < 4.78 is 19.2. The van der Waals surface area contributed by atoms with E-state index in [2.05, 4.69) is 5.32 Å². The van der Waals surface area contributed by atoms with Crippen molar-refractivity contribution in [3.05, 3.63) is 35.0 Å². The molecule has 116 valence electrons. The topological polar surface area (TPSA) is 84.5 Å². The summed E-state index contributed by atoms with van der Waals surface area (Å²) in [6, 6.07) is 5.20. The van der Waals surface area contributed by atoms with E-state index in [0.717, 1.165) is 11.3 Å². The highest BCUT2D eigenvalue weighted by Gasteiger charge is 2.22. The largest absolute Gasteiger partial charge is 0.448 e. The van der Waals surface area contributed by atoms with Gasteiger partial charge in [-0.2, -0.15) is 0 Å². The molecule has 1 atom stereocenters. The third-order valence-corrected chi connectivity index (χ3v) is 3.91. The van der Waals surface area contributed by atoms with E-state index in [1.807, 2.05) is 5.32 Å². The smallest absolute Gasteiger partial charge is 0.349 e. The van der Waals surface area contributed by atoms with E-state index in [1.54, 1.807) is 12.1 Å². The zero-order valence-corrected chi connectivity index (χ0v) is 12.6. The molecule has 0 radical (unpaired) electrons. The van der Waals surface area contributed by atoms with E-state index in [9.17, 15) is 18.8 Å². The number of ether oxygens (including phenoxy) is 1. The number of rotatable bonds is 3. The van der Waals surface area contributed by atoms with Crippen LogP contribution in [-0.4, -0.2) is 31.1 Å². The fourth-order valence-electron chi connectivity index (χ4n) is 1.67. The second-order valence-corrected chi connectivity index (χ2v) is 5.46. The summed E-state index contributed by atoms with van der Waals surface area (Å²) in [5.74, 6) is -1.93. The molecule has 0 aliphatic heterocycles. The number of urea groups is 1. The van der Waals surface area contributed by atoms with E-state index < -0.39 is 29.8 Å². The molecule has 2 rings (SSSR count). The molecule has 1 aromatic heterocycles. The summed E-state index contributed by atoms with van der Waals surface area (Å²) in [7, 11) is 1.35. The Labute approximate surface area is 129 Å². The first-order chi connectivity index (χ1) is 10.4. The van der Waals surface area contributed by atoms with Gasteiger partial charge in [0.15, 0.2) is 6.10 Å². The molecular formula is C14H13FN2O4S. The van der Waals surface area contributed by atoms with E-state index >= 15 is 0 Å². The molecule has 22 heavy (non-hydrogen) atoms. The van der Waals surface area contributed by atoms with E-state index in [0.29, 0.717) is 10.1 Å². The normalized spacial score (nSPS) is 11.8.